The fourth-order valence-electron chi connectivity index (χ4n) is 2.23. The summed E-state index contributed by atoms with van der Waals surface area (Å²) >= 11 is 0. The molecule has 0 aliphatic heterocycles. The highest BCUT2D eigenvalue weighted by atomic mass is 31.2. The van der Waals surface area contributed by atoms with Crippen molar-refractivity contribution >= 4 is 15.2 Å². The number of nitrogens with two attached hydrogens (primary N) is 2. The van der Waals surface area contributed by atoms with Crippen LogP contribution in [0.2, 0.25) is 0 Å². The Hall–Kier alpha value is 0.220. The van der Waals surface area contributed by atoms with Crippen LogP contribution in [-0.4, -0.2) is 31.1 Å². The van der Waals surface area contributed by atoms with Crippen LogP contribution in [0.1, 0.15) is 19.8 Å². The quantitative estimate of drug-likeness (QED) is 0.286. The molecule has 0 aromatic rings. The molecule has 0 saturated heterocycles. The maximum Gasteiger partial charge on any atom is 0.360 e. The molecule has 8 nitrogen and oxygen atoms in total. The minimum absolute atomic E-state index is 0.101. The molecule has 2 unspecified atom stereocenters. The molecule has 2 atom stereocenters. The van der Waals surface area contributed by atoms with Gasteiger partial charge in [0.2, 0.25) is 0 Å². The van der Waals surface area contributed by atoms with Gasteiger partial charge < -0.3 is 31.0 Å². The van der Waals surface area contributed by atoms with Crippen LogP contribution in [0.15, 0.2) is 0 Å². The van der Waals surface area contributed by atoms with Crippen molar-refractivity contribution in [3.63, 3.8) is 0 Å². The van der Waals surface area contributed by atoms with Crippen molar-refractivity contribution in [1.29, 1.82) is 0 Å². The normalized spacial score (nSPS) is 30.4. The van der Waals surface area contributed by atoms with E-state index in [1.54, 1.807) is 6.92 Å². The standard InChI is InChI=1S/C7H18N2O6P2/c1-5-4-6(5,2-3-16(10,11)12)7(8,9)17(13,14)15/h5H,2-4,8-9H2,1H3,(H2,10,11,12)(H2,13,14,15). The number of hydrogen-bond acceptors (Lipinski definition) is 4. The van der Waals surface area contributed by atoms with Gasteiger partial charge in [0, 0.05) is 5.41 Å². The molecular weight excluding hydrogens is 270 g/mol. The zero-order valence-electron chi connectivity index (χ0n) is 9.35. The predicted molar refractivity (Wildman–Crippen MR) is 60.9 cm³/mol. The summed E-state index contributed by atoms with van der Waals surface area (Å²) < 4.78 is 22.1. The Balaban J connectivity index is 2.92. The smallest absolute Gasteiger partial charge is 0.324 e. The monoisotopic (exact) mass is 288 g/mol. The van der Waals surface area contributed by atoms with E-state index in [4.69, 9.17) is 31.0 Å². The van der Waals surface area contributed by atoms with Crippen LogP contribution in [0.3, 0.4) is 0 Å². The second-order valence-corrected chi connectivity index (χ2v) is 8.37. The summed E-state index contributed by atoms with van der Waals surface area (Å²) in [5, 5.41) is -2.24. The van der Waals surface area contributed by atoms with Crippen LogP contribution in [-0.2, 0) is 9.13 Å². The van der Waals surface area contributed by atoms with Crippen LogP contribution in [0.5, 0.6) is 0 Å². The highest BCUT2D eigenvalue weighted by Crippen LogP contribution is 2.69. The lowest BCUT2D eigenvalue weighted by atomic mass is 9.97. The SMILES string of the molecule is CC1CC1(CCP(=O)(O)O)C(N)(N)P(=O)(O)O. The van der Waals surface area contributed by atoms with E-state index in [9.17, 15) is 9.13 Å². The molecule has 0 aromatic heterocycles. The van der Waals surface area contributed by atoms with Gasteiger partial charge in [-0.1, -0.05) is 6.92 Å². The van der Waals surface area contributed by atoms with Gasteiger partial charge in [-0.15, -0.1) is 0 Å². The third kappa shape index (κ3) is 2.80. The van der Waals surface area contributed by atoms with Crippen LogP contribution < -0.4 is 11.5 Å². The van der Waals surface area contributed by atoms with Crippen molar-refractivity contribution < 1.29 is 28.7 Å². The predicted octanol–water partition coefficient (Wildman–Crippen LogP) is -0.671. The molecule has 0 bridgehead atoms. The van der Waals surface area contributed by atoms with E-state index in [1.165, 1.54) is 0 Å². The first-order valence-corrected chi connectivity index (χ1v) is 8.42. The van der Waals surface area contributed by atoms with Gasteiger partial charge in [0.1, 0.15) is 0 Å². The van der Waals surface area contributed by atoms with Gasteiger partial charge in [0.15, 0.2) is 5.40 Å². The van der Waals surface area contributed by atoms with E-state index in [-0.39, 0.29) is 12.3 Å². The molecule has 17 heavy (non-hydrogen) atoms. The molecule has 1 aliphatic carbocycles. The highest BCUT2D eigenvalue weighted by Gasteiger charge is 2.68. The average Bonchev–Trinajstić information content (AvgIpc) is 2.72. The third-order valence-corrected chi connectivity index (χ3v) is 5.80. The van der Waals surface area contributed by atoms with Gasteiger partial charge in [-0.25, -0.2) is 0 Å². The highest BCUT2D eigenvalue weighted by molar-refractivity contribution is 7.53. The Bertz CT molecular complexity index is 401. The third-order valence-electron chi connectivity index (χ3n) is 3.58. The lowest BCUT2D eigenvalue weighted by Gasteiger charge is -2.35. The molecule has 0 heterocycles. The topological polar surface area (TPSA) is 167 Å². The number of hydrogen-bond donors (Lipinski definition) is 6. The van der Waals surface area contributed by atoms with Crippen molar-refractivity contribution in [3.05, 3.63) is 0 Å². The van der Waals surface area contributed by atoms with Gasteiger partial charge in [-0.05, 0) is 18.8 Å². The van der Waals surface area contributed by atoms with Gasteiger partial charge in [0.05, 0.1) is 6.16 Å². The maximum atomic E-state index is 11.3. The summed E-state index contributed by atoms with van der Waals surface area (Å²) in [6.07, 6.45) is -0.227. The second-order valence-electron chi connectivity index (χ2n) is 4.77. The van der Waals surface area contributed by atoms with E-state index in [0.29, 0.717) is 6.42 Å². The summed E-state index contributed by atoms with van der Waals surface area (Å²) in [7, 11) is -8.98. The fraction of sp³-hybridized carbons (Fsp3) is 1.00. The molecule has 10 heteroatoms. The summed E-state index contributed by atoms with van der Waals surface area (Å²) in [5.74, 6) is -0.170. The maximum absolute atomic E-state index is 11.3. The minimum atomic E-state index is -4.74. The van der Waals surface area contributed by atoms with Gasteiger partial charge in [0.25, 0.3) is 0 Å². The van der Waals surface area contributed by atoms with Gasteiger partial charge in [-0.2, -0.15) is 0 Å². The molecule has 1 aliphatic rings. The van der Waals surface area contributed by atoms with Crippen molar-refractivity contribution in [2.24, 2.45) is 22.8 Å². The lowest BCUT2D eigenvalue weighted by Crippen LogP contribution is -2.57. The largest absolute Gasteiger partial charge is 0.360 e. The molecule has 1 fully saturated rings. The molecule has 0 amide bonds. The van der Waals surface area contributed by atoms with E-state index in [2.05, 4.69) is 0 Å². The van der Waals surface area contributed by atoms with Crippen LogP contribution in [0.25, 0.3) is 0 Å². The second kappa shape index (κ2) is 4.11. The van der Waals surface area contributed by atoms with Crippen LogP contribution in [0.4, 0.5) is 0 Å². The zero-order valence-corrected chi connectivity index (χ0v) is 11.1. The van der Waals surface area contributed by atoms with Crippen molar-refractivity contribution in [2.45, 2.75) is 25.2 Å². The molecule has 102 valence electrons. The van der Waals surface area contributed by atoms with Gasteiger partial charge in [-0.3, -0.25) is 9.13 Å². The van der Waals surface area contributed by atoms with Gasteiger partial charge >= 0.3 is 15.2 Å². The minimum Gasteiger partial charge on any atom is -0.324 e. The average molecular weight is 288 g/mol. The molecule has 1 rings (SSSR count). The van der Waals surface area contributed by atoms with E-state index in [0.717, 1.165) is 0 Å². The Morgan fingerprint density at radius 2 is 1.71 bits per heavy atom. The van der Waals surface area contributed by atoms with Crippen LogP contribution >= 0.6 is 15.2 Å². The molecular formula is C7H18N2O6P2. The van der Waals surface area contributed by atoms with E-state index in [1.807, 2.05) is 0 Å². The Kier molecular flexibility index (Phi) is 3.70. The van der Waals surface area contributed by atoms with Crippen molar-refractivity contribution in [2.75, 3.05) is 6.16 Å². The molecule has 1 saturated carbocycles. The first kappa shape index (κ1) is 15.3. The first-order chi connectivity index (χ1) is 7.33. The lowest BCUT2D eigenvalue weighted by molar-refractivity contribution is 0.238. The Labute approximate surface area is 98.7 Å². The Morgan fingerprint density at radius 3 is 1.94 bits per heavy atom. The summed E-state index contributed by atoms with van der Waals surface area (Å²) in [6.45, 7) is 1.70. The molecule has 8 N–H and O–H groups in total. The molecule has 0 radical (unpaired) electrons. The van der Waals surface area contributed by atoms with E-state index < -0.39 is 32.2 Å². The fourth-order valence-corrected chi connectivity index (χ4v) is 3.92. The summed E-state index contributed by atoms with van der Waals surface area (Å²) in [5.41, 5.74) is 9.93. The molecule has 0 aromatic carbocycles. The summed E-state index contributed by atoms with van der Waals surface area (Å²) in [4.78, 5) is 35.9. The zero-order chi connectivity index (χ0) is 13.7. The van der Waals surface area contributed by atoms with Crippen molar-refractivity contribution in [3.8, 4) is 0 Å². The van der Waals surface area contributed by atoms with E-state index >= 15 is 0 Å². The van der Waals surface area contributed by atoms with Crippen LogP contribution in [0, 0.1) is 11.3 Å². The summed E-state index contributed by atoms with van der Waals surface area (Å²) in [6, 6.07) is 0. The van der Waals surface area contributed by atoms with Crippen molar-refractivity contribution in [1.82, 2.24) is 0 Å². The Morgan fingerprint density at radius 1 is 1.29 bits per heavy atom. The molecule has 0 spiro atoms. The number of rotatable bonds is 5. The first-order valence-electron chi connectivity index (χ1n) is 5.01.